The van der Waals surface area contributed by atoms with Crippen LogP contribution in [0, 0.1) is 6.92 Å². The van der Waals surface area contributed by atoms with E-state index < -0.39 is 0 Å². The summed E-state index contributed by atoms with van der Waals surface area (Å²) in [5.74, 6) is 1.83. The number of rotatable bonds is 6. The molecule has 7 nitrogen and oxygen atoms in total. The zero-order valence-corrected chi connectivity index (χ0v) is 20.8. The Labute approximate surface area is 215 Å². The molecule has 0 spiro atoms. The summed E-state index contributed by atoms with van der Waals surface area (Å²) >= 11 is 0. The van der Waals surface area contributed by atoms with Gasteiger partial charge in [-0.15, -0.1) is 0 Å². The first-order valence-corrected chi connectivity index (χ1v) is 12.7. The molecule has 0 atom stereocenters. The van der Waals surface area contributed by atoms with Crippen molar-refractivity contribution in [2.24, 2.45) is 0 Å². The highest BCUT2D eigenvalue weighted by molar-refractivity contribution is 5.94. The van der Waals surface area contributed by atoms with E-state index in [0.29, 0.717) is 25.3 Å². The average molecular weight is 492 g/mol. The summed E-state index contributed by atoms with van der Waals surface area (Å²) in [4.78, 5) is 20.1. The average Bonchev–Trinajstić information content (AvgIpc) is 3.61. The zero-order valence-electron chi connectivity index (χ0n) is 20.8. The van der Waals surface area contributed by atoms with Gasteiger partial charge >= 0.3 is 0 Å². The number of aryl methyl sites for hydroxylation is 1. The number of ether oxygens (including phenoxy) is 1. The van der Waals surface area contributed by atoms with Gasteiger partial charge in [0.15, 0.2) is 0 Å². The Morgan fingerprint density at radius 2 is 1.70 bits per heavy atom. The number of carbonyl (C=O) groups excluding carboxylic acids is 1. The lowest BCUT2D eigenvalue weighted by molar-refractivity contribution is 0.0694. The number of likely N-dealkylation sites (tertiary alicyclic amines) is 1. The van der Waals surface area contributed by atoms with E-state index in [1.807, 2.05) is 65.7 Å². The predicted molar refractivity (Wildman–Crippen MR) is 143 cm³/mol. The van der Waals surface area contributed by atoms with Crippen LogP contribution in [-0.2, 0) is 6.61 Å². The van der Waals surface area contributed by atoms with Crippen LogP contribution < -0.4 is 4.74 Å². The van der Waals surface area contributed by atoms with Gasteiger partial charge in [-0.3, -0.25) is 4.79 Å². The standard InChI is InChI=1S/C30H29N5O2/c1-22-7-13-26(14-8-22)37-21-29-32-27-5-2-3-6-28(27)35(29)25-15-19-33(20-16-25)30(36)23-9-11-24(12-10-23)34-18-4-17-31-34/h2-14,17-18,25H,15-16,19-21H2,1H3. The minimum Gasteiger partial charge on any atom is -0.486 e. The normalized spacial score (nSPS) is 14.2. The second-order valence-corrected chi connectivity index (χ2v) is 9.51. The highest BCUT2D eigenvalue weighted by atomic mass is 16.5. The molecule has 0 radical (unpaired) electrons. The van der Waals surface area contributed by atoms with E-state index >= 15 is 0 Å². The Morgan fingerprint density at radius 1 is 0.946 bits per heavy atom. The van der Waals surface area contributed by atoms with Crippen molar-refractivity contribution in [1.82, 2.24) is 24.2 Å². The van der Waals surface area contributed by atoms with E-state index in [9.17, 15) is 4.79 Å². The molecular formula is C30H29N5O2. The number of carbonyl (C=O) groups is 1. The maximum Gasteiger partial charge on any atom is 0.253 e. The first-order chi connectivity index (χ1) is 18.2. The van der Waals surface area contributed by atoms with Crippen molar-refractivity contribution < 1.29 is 9.53 Å². The molecule has 1 amide bonds. The summed E-state index contributed by atoms with van der Waals surface area (Å²) in [6, 6.07) is 26.1. The minimum absolute atomic E-state index is 0.0730. The first kappa shape index (κ1) is 23.0. The Morgan fingerprint density at radius 3 is 2.43 bits per heavy atom. The SMILES string of the molecule is Cc1ccc(OCc2nc3ccccc3n2C2CCN(C(=O)c3ccc(-n4cccn4)cc3)CC2)cc1. The van der Waals surface area contributed by atoms with Crippen LogP contribution in [0.25, 0.3) is 16.7 Å². The van der Waals surface area contributed by atoms with E-state index in [2.05, 4.69) is 40.9 Å². The monoisotopic (exact) mass is 491 g/mol. The number of hydrogen-bond acceptors (Lipinski definition) is 4. The molecule has 0 saturated carbocycles. The molecule has 1 fully saturated rings. The quantitative estimate of drug-likeness (QED) is 0.311. The number of nitrogens with zero attached hydrogens (tertiary/aromatic N) is 5. The lowest BCUT2D eigenvalue weighted by Gasteiger charge is -2.33. The van der Waals surface area contributed by atoms with Crippen LogP contribution in [-0.4, -0.2) is 43.2 Å². The van der Waals surface area contributed by atoms with Crippen LogP contribution in [0.2, 0.25) is 0 Å². The molecule has 5 aromatic rings. The van der Waals surface area contributed by atoms with Crippen LogP contribution in [0.3, 0.4) is 0 Å². The number of benzene rings is 3. The maximum atomic E-state index is 13.2. The van der Waals surface area contributed by atoms with Crippen LogP contribution in [0.5, 0.6) is 5.75 Å². The van der Waals surface area contributed by atoms with Gasteiger partial charge < -0.3 is 14.2 Å². The summed E-state index contributed by atoms with van der Waals surface area (Å²) in [5, 5.41) is 4.25. The van der Waals surface area contributed by atoms with Gasteiger partial charge in [-0.1, -0.05) is 29.8 Å². The summed E-state index contributed by atoms with van der Waals surface area (Å²) in [7, 11) is 0. The number of amides is 1. The summed E-state index contributed by atoms with van der Waals surface area (Å²) < 4.78 is 10.2. The smallest absolute Gasteiger partial charge is 0.253 e. The summed E-state index contributed by atoms with van der Waals surface area (Å²) in [6.07, 6.45) is 5.37. The van der Waals surface area contributed by atoms with Gasteiger partial charge in [-0.05, 0) is 74.4 Å². The molecule has 6 rings (SSSR count). The summed E-state index contributed by atoms with van der Waals surface area (Å²) in [6.45, 7) is 3.88. The first-order valence-electron chi connectivity index (χ1n) is 12.7. The number of aromatic nitrogens is 4. The Bertz CT molecular complexity index is 1500. The Kier molecular flexibility index (Phi) is 6.18. The molecule has 37 heavy (non-hydrogen) atoms. The fourth-order valence-electron chi connectivity index (χ4n) is 5.07. The van der Waals surface area contributed by atoms with Crippen molar-refractivity contribution in [3.63, 3.8) is 0 Å². The van der Waals surface area contributed by atoms with Gasteiger partial charge in [0, 0.05) is 37.1 Å². The van der Waals surface area contributed by atoms with Crippen LogP contribution in [0.1, 0.15) is 40.6 Å². The van der Waals surface area contributed by atoms with E-state index in [-0.39, 0.29) is 11.9 Å². The van der Waals surface area contributed by atoms with Gasteiger partial charge in [-0.2, -0.15) is 5.10 Å². The van der Waals surface area contributed by atoms with Gasteiger partial charge in [-0.25, -0.2) is 9.67 Å². The molecule has 3 heterocycles. The Balaban J connectivity index is 1.16. The van der Waals surface area contributed by atoms with Crippen molar-refractivity contribution in [2.45, 2.75) is 32.4 Å². The van der Waals surface area contributed by atoms with Gasteiger partial charge in [0.05, 0.1) is 16.7 Å². The fourth-order valence-corrected chi connectivity index (χ4v) is 5.07. The molecule has 1 aliphatic rings. The third kappa shape index (κ3) is 4.72. The van der Waals surface area contributed by atoms with E-state index in [1.54, 1.807) is 10.9 Å². The Hall–Kier alpha value is -4.39. The molecule has 186 valence electrons. The van der Waals surface area contributed by atoms with Gasteiger partial charge in [0.1, 0.15) is 18.2 Å². The van der Waals surface area contributed by atoms with Crippen molar-refractivity contribution >= 4 is 16.9 Å². The minimum atomic E-state index is 0.0730. The molecule has 0 bridgehead atoms. The lowest BCUT2D eigenvalue weighted by atomic mass is 10.0. The molecular weight excluding hydrogens is 462 g/mol. The molecule has 1 saturated heterocycles. The number of imidazole rings is 1. The number of piperidine rings is 1. The second kappa shape index (κ2) is 9.93. The third-order valence-electron chi connectivity index (χ3n) is 7.06. The highest BCUT2D eigenvalue weighted by Crippen LogP contribution is 2.30. The fraction of sp³-hybridized carbons (Fsp3) is 0.233. The number of hydrogen-bond donors (Lipinski definition) is 0. The molecule has 0 unspecified atom stereocenters. The van der Waals surface area contributed by atoms with Crippen molar-refractivity contribution in [1.29, 1.82) is 0 Å². The van der Waals surface area contributed by atoms with E-state index in [1.165, 1.54) is 5.56 Å². The van der Waals surface area contributed by atoms with Crippen molar-refractivity contribution in [2.75, 3.05) is 13.1 Å². The second-order valence-electron chi connectivity index (χ2n) is 9.51. The zero-order chi connectivity index (χ0) is 25.2. The largest absolute Gasteiger partial charge is 0.486 e. The van der Waals surface area contributed by atoms with E-state index in [4.69, 9.17) is 9.72 Å². The van der Waals surface area contributed by atoms with Gasteiger partial charge in [0.25, 0.3) is 5.91 Å². The van der Waals surface area contributed by atoms with Crippen molar-refractivity contribution in [3.05, 3.63) is 108 Å². The lowest BCUT2D eigenvalue weighted by Crippen LogP contribution is -2.39. The number of para-hydroxylation sites is 2. The number of fused-ring (bicyclic) bond motifs is 1. The molecule has 1 aliphatic heterocycles. The summed E-state index contributed by atoms with van der Waals surface area (Å²) in [5.41, 5.74) is 4.93. The van der Waals surface area contributed by atoms with Crippen molar-refractivity contribution in [3.8, 4) is 11.4 Å². The highest BCUT2D eigenvalue weighted by Gasteiger charge is 2.27. The van der Waals surface area contributed by atoms with Crippen LogP contribution in [0.4, 0.5) is 0 Å². The molecule has 0 aliphatic carbocycles. The molecule has 2 aromatic heterocycles. The predicted octanol–water partition coefficient (Wildman–Crippen LogP) is 5.59. The topological polar surface area (TPSA) is 65.2 Å². The molecule has 3 aromatic carbocycles. The maximum absolute atomic E-state index is 13.2. The third-order valence-corrected chi connectivity index (χ3v) is 7.06. The van der Waals surface area contributed by atoms with Gasteiger partial charge in [0.2, 0.25) is 0 Å². The molecule has 7 heteroatoms. The molecule has 0 N–H and O–H groups in total. The van der Waals surface area contributed by atoms with Crippen LogP contribution >= 0.6 is 0 Å². The van der Waals surface area contributed by atoms with Crippen LogP contribution in [0.15, 0.2) is 91.3 Å². The van der Waals surface area contributed by atoms with E-state index in [0.717, 1.165) is 41.1 Å².